The van der Waals surface area contributed by atoms with Crippen LogP contribution < -0.4 is 14.8 Å². The highest BCUT2D eigenvalue weighted by Crippen LogP contribution is 2.39. The van der Waals surface area contributed by atoms with Crippen LogP contribution in [-0.4, -0.2) is 29.8 Å². The number of hydrogen-bond donors (Lipinski definition) is 1. The Hall–Kier alpha value is -2.54. The zero-order valence-electron chi connectivity index (χ0n) is 17.1. The number of carbonyl (C=O) groups excluding carboxylic acids is 1. The summed E-state index contributed by atoms with van der Waals surface area (Å²) in [5.74, 6) is 2.40. The fourth-order valence-electron chi connectivity index (χ4n) is 2.91. The number of halogens is 1. The minimum absolute atomic E-state index is 0.0971. The van der Waals surface area contributed by atoms with Crippen LogP contribution in [0.5, 0.6) is 11.5 Å². The van der Waals surface area contributed by atoms with Crippen LogP contribution in [0.25, 0.3) is 6.08 Å². The highest BCUT2D eigenvalue weighted by Gasteiger charge is 2.31. The number of benzene rings is 1. The van der Waals surface area contributed by atoms with Gasteiger partial charge in [0.2, 0.25) is 11.8 Å². The van der Waals surface area contributed by atoms with Gasteiger partial charge in [-0.15, -0.1) is 0 Å². The highest BCUT2D eigenvalue weighted by molar-refractivity contribution is 6.32. The Morgan fingerprint density at radius 1 is 1.41 bits per heavy atom. The van der Waals surface area contributed by atoms with E-state index in [0.717, 1.165) is 24.2 Å². The van der Waals surface area contributed by atoms with Crippen molar-refractivity contribution in [1.29, 1.82) is 0 Å². The second-order valence-electron chi connectivity index (χ2n) is 7.30. The van der Waals surface area contributed by atoms with Crippen LogP contribution in [-0.2, 0) is 4.79 Å². The van der Waals surface area contributed by atoms with E-state index in [1.54, 1.807) is 18.2 Å². The van der Waals surface area contributed by atoms with Crippen molar-refractivity contribution in [2.75, 3.05) is 13.7 Å². The first kappa shape index (κ1) is 21.2. The number of hydrogen-bond acceptors (Lipinski definition) is 6. The number of nitrogens with zero attached hydrogens (tertiary/aromatic N) is 2. The fraction of sp³-hybridized carbons (Fsp3) is 0.476. The van der Waals surface area contributed by atoms with Gasteiger partial charge in [-0.05, 0) is 49.5 Å². The predicted octanol–water partition coefficient (Wildman–Crippen LogP) is 4.53. The Labute approximate surface area is 175 Å². The number of ether oxygens (including phenoxy) is 2. The lowest BCUT2D eigenvalue weighted by Gasteiger charge is -2.17. The molecule has 1 heterocycles. The monoisotopic (exact) mass is 419 g/mol. The van der Waals surface area contributed by atoms with Crippen LogP contribution in [0, 0.1) is 5.92 Å². The molecule has 1 fully saturated rings. The van der Waals surface area contributed by atoms with E-state index in [0.29, 0.717) is 34.9 Å². The van der Waals surface area contributed by atoms with E-state index < -0.39 is 0 Å². The summed E-state index contributed by atoms with van der Waals surface area (Å²) in [6.07, 6.45) is 5.30. The lowest BCUT2D eigenvalue weighted by atomic mass is 10.0. The maximum Gasteiger partial charge on any atom is 0.249 e. The van der Waals surface area contributed by atoms with Crippen molar-refractivity contribution in [3.05, 3.63) is 40.5 Å². The van der Waals surface area contributed by atoms with Gasteiger partial charge in [0.25, 0.3) is 0 Å². The molecule has 1 unspecified atom stereocenters. The van der Waals surface area contributed by atoms with Crippen LogP contribution in [0.15, 0.2) is 22.7 Å². The second-order valence-corrected chi connectivity index (χ2v) is 7.70. The van der Waals surface area contributed by atoms with Gasteiger partial charge in [-0.1, -0.05) is 30.6 Å². The first-order valence-electron chi connectivity index (χ1n) is 9.75. The van der Waals surface area contributed by atoms with Gasteiger partial charge in [-0.25, -0.2) is 0 Å². The number of carbonyl (C=O) groups is 1. The number of rotatable bonds is 9. The molecule has 1 aromatic carbocycles. The van der Waals surface area contributed by atoms with Gasteiger partial charge < -0.3 is 19.3 Å². The van der Waals surface area contributed by atoms with E-state index in [2.05, 4.69) is 15.5 Å². The maximum atomic E-state index is 12.5. The van der Waals surface area contributed by atoms with Crippen LogP contribution in [0.3, 0.4) is 0 Å². The molecular formula is C21H26ClN3O4. The molecule has 0 spiro atoms. The zero-order valence-corrected chi connectivity index (χ0v) is 17.8. The summed E-state index contributed by atoms with van der Waals surface area (Å²) < 4.78 is 16.2. The van der Waals surface area contributed by atoms with E-state index in [1.165, 1.54) is 13.2 Å². The molecule has 1 atom stereocenters. The molecule has 0 radical (unpaired) electrons. The molecule has 1 amide bonds. The summed E-state index contributed by atoms with van der Waals surface area (Å²) in [5, 5.41) is 7.40. The molecule has 0 aliphatic heterocycles. The molecule has 1 saturated carbocycles. The second kappa shape index (κ2) is 9.31. The third kappa shape index (κ3) is 5.29. The molecule has 1 aliphatic rings. The van der Waals surface area contributed by atoms with E-state index in [1.807, 2.05) is 20.8 Å². The molecule has 3 rings (SSSR count). The van der Waals surface area contributed by atoms with E-state index in [-0.39, 0.29) is 17.9 Å². The van der Waals surface area contributed by atoms with E-state index >= 15 is 0 Å². The largest absolute Gasteiger partial charge is 0.491 e. The Morgan fingerprint density at radius 3 is 2.79 bits per heavy atom. The molecule has 0 bridgehead atoms. The van der Waals surface area contributed by atoms with Crippen LogP contribution in [0.4, 0.5) is 0 Å². The SMILES string of the molecule is CCOc1cc(/C=C/C(=O)NC(c2nc(C3CC3)no2)C(C)C)cc(Cl)c1OC. The van der Waals surface area contributed by atoms with Gasteiger partial charge in [0.1, 0.15) is 6.04 Å². The van der Waals surface area contributed by atoms with Crippen molar-refractivity contribution >= 4 is 23.6 Å². The summed E-state index contributed by atoms with van der Waals surface area (Å²) >= 11 is 6.26. The molecule has 1 aliphatic carbocycles. The molecule has 7 nitrogen and oxygen atoms in total. The van der Waals surface area contributed by atoms with Crippen LogP contribution >= 0.6 is 11.6 Å². The molecule has 156 valence electrons. The minimum Gasteiger partial charge on any atom is -0.491 e. The number of amides is 1. The van der Waals surface area contributed by atoms with E-state index in [9.17, 15) is 4.79 Å². The summed E-state index contributed by atoms with van der Waals surface area (Å²) in [6, 6.07) is 3.13. The third-order valence-corrected chi connectivity index (χ3v) is 4.87. The van der Waals surface area contributed by atoms with Gasteiger partial charge in [-0.2, -0.15) is 4.98 Å². The molecule has 29 heavy (non-hydrogen) atoms. The first-order chi connectivity index (χ1) is 13.9. The molecule has 1 aromatic heterocycles. The summed E-state index contributed by atoms with van der Waals surface area (Å²) in [7, 11) is 1.53. The van der Waals surface area contributed by atoms with Gasteiger partial charge in [0.15, 0.2) is 17.3 Å². The third-order valence-electron chi connectivity index (χ3n) is 4.59. The molecule has 1 N–H and O–H groups in total. The van der Waals surface area contributed by atoms with Gasteiger partial charge in [0.05, 0.1) is 18.7 Å². The van der Waals surface area contributed by atoms with Gasteiger partial charge >= 0.3 is 0 Å². The Balaban J connectivity index is 1.71. The summed E-state index contributed by atoms with van der Waals surface area (Å²) in [4.78, 5) is 17.0. The average Bonchev–Trinajstić information content (AvgIpc) is 3.42. The van der Waals surface area contributed by atoms with Crippen molar-refractivity contribution in [3.8, 4) is 11.5 Å². The summed E-state index contributed by atoms with van der Waals surface area (Å²) in [5.41, 5.74) is 0.726. The van der Waals surface area contributed by atoms with Crippen LogP contribution in [0.2, 0.25) is 5.02 Å². The Kier molecular flexibility index (Phi) is 6.79. The van der Waals surface area contributed by atoms with Crippen molar-refractivity contribution in [3.63, 3.8) is 0 Å². The van der Waals surface area contributed by atoms with Gasteiger partial charge in [0, 0.05) is 12.0 Å². The standard InChI is InChI=1S/C21H26ClN3O4/c1-5-28-16-11-13(10-15(22)19(16)27-4)6-9-17(26)23-18(12(2)3)21-24-20(25-29-21)14-7-8-14/h6,9-12,14,18H,5,7-8H2,1-4H3,(H,23,26)/b9-6+. The fourth-order valence-corrected chi connectivity index (χ4v) is 3.21. The Morgan fingerprint density at radius 2 is 2.17 bits per heavy atom. The van der Waals surface area contributed by atoms with Crippen molar-refractivity contribution in [1.82, 2.24) is 15.5 Å². The number of methoxy groups -OCH3 is 1. The molecular weight excluding hydrogens is 394 g/mol. The lowest BCUT2D eigenvalue weighted by molar-refractivity contribution is -0.117. The average molecular weight is 420 g/mol. The lowest BCUT2D eigenvalue weighted by Crippen LogP contribution is -2.30. The van der Waals surface area contributed by atoms with Crippen molar-refractivity contribution < 1.29 is 18.8 Å². The molecule has 2 aromatic rings. The summed E-state index contributed by atoms with van der Waals surface area (Å²) in [6.45, 7) is 6.34. The van der Waals surface area contributed by atoms with Crippen molar-refractivity contribution in [2.24, 2.45) is 5.92 Å². The van der Waals surface area contributed by atoms with Crippen LogP contribution in [0.1, 0.15) is 62.9 Å². The van der Waals surface area contributed by atoms with Gasteiger partial charge in [-0.3, -0.25) is 4.79 Å². The maximum absolute atomic E-state index is 12.5. The predicted molar refractivity (Wildman–Crippen MR) is 110 cm³/mol. The normalized spacial score (nSPS) is 15.0. The smallest absolute Gasteiger partial charge is 0.249 e. The number of aromatic nitrogens is 2. The first-order valence-corrected chi connectivity index (χ1v) is 10.1. The van der Waals surface area contributed by atoms with E-state index in [4.69, 9.17) is 25.6 Å². The molecule has 8 heteroatoms. The quantitative estimate of drug-likeness (QED) is 0.600. The van der Waals surface area contributed by atoms with Crippen molar-refractivity contribution in [2.45, 2.75) is 45.6 Å². The number of nitrogens with one attached hydrogen (secondary N) is 1. The Bertz CT molecular complexity index is 890. The topological polar surface area (TPSA) is 86.5 Å². The molecule has 0 saturated heterocycles. The minimum atomic E-state index is -0.356. The zero-order chi connectivity index (χ0) is 21.0. The highest BCUT2D eigenvalue weighted by atomic mass is 35.5.